The highest BCUT2D eigenvalue weighted by Crippen LogP contribution is 2.40. The minimum atomic E-state index is -4.51. The number of nitrogen functional groups attached to an aromatic ring is 1. The molecule has 2 heterocycles. The second kappa shape index (κ2) is 12.5. The quantitative estimate of drug-likeness (QED) is 0.193. The number of rotatable bonds is 6. The third kappa shape index (κ3) is 7.26. The van der Waals surface area contributed by atoms with E-state index in [1.807, 2.05) is 4.90 Å². The lowest BCUT2D eigenvalue weighted by atomic mass is 10.1. The molecule has 4 N–H and O–H groups in total. The highest BCUT2D eigenvalue weighted by Gasteiger charge is 2.36. The van der Waals surface area contributed by atoms with E-state index in [1.54, 1.807) is 30.3 Å². The summed E-state index contributed by atoms with van der Waals surface area (Å²) in [5.74, 6) is -4.13. The zero-order valence-electron chi connectivity index (χ0n) is 20.6. The topological polar surface area (TPSA) is 144 Å². The second-order valence-corrected chi connectivity index (χ2v) is 9.69. The number of benzene rings is 2. The van der Waals surface area contributed by atoms with Gasteiger partial charge in [-0.15, -0.1) is 0 Å². The Morgan fingerprint density at radius 3 is 1.90 bits per heavy atom. The highest BCUT2D eigenvalue weighted by molar-refractivity contribution is 9.10. The van der Waals surface area contributed by atoms with E-state index in [0.717, 1.165) is 32.1 Å². The first-order chi connectivity index (χ1) is 18.3. The summed E-state index contributed by atoms with van der Waals surface area (Å²) in [7, 11) is 0. The lowest BCUT2D eigenvalue weighted by Crippen LogP contribution is -2.46. The number of hydrogen-bond acceptors (Lipinski definition) is 7. The lowest BCUT2D eigenvalue weighted by molar-refractivity contribution is -0.159. The molecule has 2 aromatic carbocycles. The Morgan fingerprint density at radius 2 is 1.41 bits per heavy atom. The zero-order valence-corrected chi connectivity index (χ0v) is 22.2. The molecule has 2 aliphatic heterocycles. The summed E-state index contributed by atoms with van der Waals surface area (Å²) in [5.41, 5.74) is 5.89. The molecule has 0 aromatic heterocycles. The van der Waals surface area contributed by atoms with Crippen molar-refractivity contribution in [3.05, 3.63) is 57.6 Å². The molecular weight excluding hydrogens is 589 g/mol. The molecule has 2 aromatic rings. The van der Waals surface area contributed by atoms with E-state index in [2.05, 4.69) is 20.8 Å². The molecule has 0 aliphatic carbocycles. The number of piperazine rings is 1. The highest BCUT2D eigenvalue weighted by atomic mass is 79.9. The van der Waals surface area contributed by atoms with E-state index in [4.69, 9.17) is 25.5 Å². The van der Waals surface area contributed by atoms with Crippen LogP contribution in [0.2, 0.25) is 0 Å². The van der Waals surface area contributed by atoms with Gasteiger partial charge in [-0.3, -0.25) is 19.4 Å². The Hall–Kier alpha value is -3.65. The third-order valence-electron chi connectivity index (χ3n) is 6.32. The van der Waals surface area contributed by atoms with Crippen molar-refractivity contribution in [3.8, 4) is 0 Å². The van der Waals surface area contributed by atoms with Crippen molar-refractivity contribution >= 4 is 51.1 Å². The molecule has 0 bridgehead atoms. The summed E-state index contributed by atoms with van der Waals surface area (Å²) in [5, 5.41) is 14.8. The average Bonchev–Trinajstić information content (AvgIpc) is 3.13. The number of anilines is 2. The van der Waals surface area contributed by atoms with Crippen LogP contribution in [0, 0.1) is 0 Å². The summed E-state index contributed by atoms with van der Waals surface area (Å²) >= 11 is 3.14. The zero-order chi connectivity index (χ0) is 28.9. The molecule has 0 unspecified atom stereocenters. The fraction of sp³-hybridized carbons (Fsp3) is 0.360. The van der Waals surface area contributed by atoms with Gasteiger partial charge in [-0.25, -0.2) is 9.59 Å². The number of fused-ring (bicyclic) bond motifs is 1. The molecule has 14 heteroatoms. The van der Waals surface area contributed by atoms with Crippen molar-refractivity contribution < 1.29 is 42.6 Å². The average molecular weight is 615 g/mol. The molecule has 2 aliphatic rings. The summed E-state index contributed by atoms with van der Waals surface area (Å²) in [4.78, 5) is 48.5. The number of carboxylic acid groups (broad SMARTS) is 2. The maximum atomic E-state index is 13.3. The number of carboxylic acids is 2. The van der Waals surface area contributed by atoms with Gasteiger partial charge in [0.05, 0.1) is 22.4 Å². The molecule has 210 valence electrons. The smallest absolute Gasteiger partial charge is 0.418 e. The number of carbonyl (C=O) groups excluding carboxylic acids is 2. The summed E-state index contributed by atoms with van der Waals surface area (Å²) < 4.78 is 40.1. The predicted molar refractivity (Wildman–Crippen MR) is 139 cm³/mol. The van der Waals surface area contributed by atoms with Crippen LogP contribution in [0.5, 0.6) is 0 Å². The normalized spacial score (nSPS) is 15.6. The van der Waals surface area contributed by atoms with E-state index in [1.165, 1.54) is 4.90 Å². The third-order valence-corrected chi connectivity index (χ3v) is 6.98. The molecule has 2 amide bonds. The van der Waals surface area contributed by atoms with Crippen molar-refractivity contribution in [2.24, 2.45) is 0 Å². The minimum Gasteiger partial charge on any atom is -0.473 e. The predicted octanol–water partition coefficient (Wildman–Crippen LogP) is 3.40. The van der Waals surface area contributed by atoms with Gasteiger partial charge in [-0.05, 0) is 59.6 Å². The Bertz CT molecular complexity index is 1220. The van der Waals surface area contributed by atoms with Crippen molar-refractivity contribution in [1.29, 1.82) is 0 Å². The van der Waals surface area contributed by atoms with Gasteiger partial charge < -0.3 is 20.8 Å². The number of carbonyl (C=O) groups is 4. The Kier molecular flexibility index (Phi) is 9.56. The number of imide groups is 1. The van der Waals surface area contributed by atoms with Gasteiger partial charge >= 0.3 is 18.1 Å². The van der Waals surface area contributed by atoms with Gasteiger partial charge in [0.15, 0.2) is 0 Å². The number of hydrogen-bond donors (Lipinski definition) is 3. The number of nitrogens with two attached hydrogens (primary N) is 1. The number of unbranched alkanes of at least 4 members (excludes halogenated alkanes) is 1. The van der Waals surface area contributed by atoms with E-state index in [9.17, 15) is 22.8 Å². The van der Waals surface area contributed by atoms with Crippen LogP contribution in [0.4, 0.5) is 24.5 Å². The maximum absolute atomic E-state index is 13.3. The molecule has 1 saturated heterocycles. The molecule has 1 fully saturated rings. The first-order valence-corrected chi connectivity index (χ1v) is 12.7. The van der Waals surface area contributed by atoms with Crippen molar-refractivity contribution in [2.75, 3.05) is 49.9 Å². The Morgan fingerprint density at radius 1 is 0.897 bits per heavy atom. The number of halogens is 4. The van der Waals surface area contributed by atoms with Gasteiger partial charge in [-0.2, -0.15) is 13.2 Å². The van der Waals surface area contributed by atoms with Gasteiger partial charge in [-0.1, -0.05) is 12.1 Å². The first-order valence-electron chi connectivity index (χ1n) is 11.9. The van der Waals surface area contributed by atoms with Crippen LogP contribution in [0.25, 0.3) is 0 Å². The van der Waals surface area contributed by atoms with Crippen LogP contribution in [0.3, 0.4) is 0 Å². The van der Waals surface area contributed by atoms with Crippen LogP contribution in [-0.4, -0.2) is 83.0 Å². The SMILES string of the molecule is Nc1c(Br)cc(N2CCN(CCCCN3C(=O)c4ccccc4C3=O)CC2)cc1C(F)(F)F.O=C(O)C(=O)O. The van der Waals surface area contributed by atoms with Gasteiger partial charge in [0.25, 0.3) is 11.8 Å². The van der Waals surface area contributed by atoms with E-state index in [0.29, 0.717) is 42.9 Å². The van der Waals surface area contributed by atoms with Crippen LogP contribution >= 0.6 is 15.9 Å². The molecule has 0 saturated carbocycles. The largest absolute Gasteiger partial charge is 0.473 e. The maximum Gasteiger partial charge on any atom is 0.418 e. The molecular formula is C25H26BrF3N4O6. The Labute approximate surface area is 229 Å². The van der Waals surface area contributed by atoms with E-state index in [-0.39, 0.29) is 22.0 Å². The number of aliphatic carboxylic acids is 2. The van der Waals surface area contributed by atoms with Crippen molar-refractivity contribution in [1.82, 2.24) is 9.80 Å². The molecule has 39 heavy (non-hydrogen) atoms. The Balaban J connectivity index is 0.000000631. The van der Waals surface area contributed by atoms with E-state index >= 15 is 0 Å². The number of alkyl halides is 3. The van der Waals surface area contributed by atoms with Crippen molar-refractivity contribution in [2.45, 2.75) is 19.0 Å². The standard InChI is InChI=1S/C23H24BrF3N4O2.C2H2O4/c24-19-14-15(13-18(20(19)28)23(25,26)27)30-11-9-29(10-12-30)7-3-4-8-31-21(32)16-5-1-2-6-17(16)22(31)33;3-1(4)2(5)6/h1-2,5-6,13-14H,3-4,7-12,28H2;(H,3,4)(H,5,6). The second-order valence-electron chi connectivity index (χ2n) is 8.84. The van der Waals surface area contributed by atoms with Crippen LogP contribution in [0.1, 0.15) is 39.1 Å². The molecule has 0 atom stereocenters. The van der Waals surface area contributed by atoms with Crippen molar-refractivity contribution in [3.63, 3.8) is 0 Å². The van der Waals surface area contributed by atoms with Gasteiger partial charge in [0.1, 0.15) is 0 Å². The fourth-order valence-electron chi connectivity index (χ4n) is 4.30. The monoisotopic (exact) mass is 614 g/mol. The summed E-state index contributed by atoms with van der Waals surface area (Å²) in [6.07, 6.45) is -2.99. The van der Waals surface area contributed by atoms with Gasteiger partial charge in [0, 0.05) is 42.9 Å². The van der Waals surface area contributed by atoms with Crippen LogP contribution in [0.15, 0.2) is 40.9 Å². The van der Waals surface area contributed by atoms with Crippen LogP contribution < -0.4 is 10.6 Å². The lowest BCUT2D eigenvalue weighted by Gasteiger charge is -2.36. The van der Waals surface area contributed by atoms with Gasteiger partial charge in [0.2, 0.25) is 0 Å². The summed E-state index contributed by atoms with van der Waals surface area (Å²) in [6, 6.07) is 9.58. The first kappa shape index (κ1) is 29.9. The number of amides is 2. The molecule has 0 spiro atoms. The van der Waals surface area contributed by atoms with E-state index < -0.39 is 23.7 Å². The van der Waals surface area contributed by atoms with Crippen LogP contribution in [-0.2, 0) is 15.8 Å². The number of nitrogens with zero attached hydrogens (tertiary/aromatic N) is 3. The molecule has 10 nitrogen and oxygen atoms in total. The minimum absolute atomic E-state index is 0.239. The molecule has 4 rings (SSSR count). The fourth-order valence-corrected chi connectivity index (χ4v) is 4.75. The summed E-state index contributed by atoms with van der Waals surface area (Å²) in [6.45, 7) is 3.83. The molecule has 0 radical (unpaired) electrons.